The third-order valence-electron chi connectivity index (χ3n) is 4.45. The van der Waals surface area contributed by atoms with Crippen LogP contribution >= 0.6 is 0 Å². The maximum Gasteiger partial charge on any atom is 0.248 e. The Morgan fingerprint density at radius 1 is 1.18 bits per heavy atom. The molecule has 1 aliphatic heterocycles. The zero-order valence-corrected chi connectivity index (χ0v) is 15.6. The number of ether oxygens (including phenoxy) is 2. The molecule has 0 saturated heterocycles. The molecule has 144 valence electrons. The highest BCUT2D eigenvalue weighted by atomic mass is 19.1. The zero-order chi connectivity index (χ0) is 19.5. The van der Waals surface area contributed by atoms with Crippen molar-refractivity contribution in [2.75, 3.05) is 19.0 Å². The Morgan fingerprint density at radius 3 is 2.86 bits per heavy atom. The summed E-state index contributed by atoms with van der Waals surface area (Å²) in [6.45, 7) is 2.66. The van der Waals surface area contributed by atoms with Gasteiger partial charge in [0.1, 0.15) is 11.9 Å². The first-order valence-electron chi connectivity index (χ1n) is 9.03. The van der Waals surface area contributed by atoms with Gasteiger partial charge in [0.05, 0.1) is 13.7 Å². The van der Waals surface area contributed by atoms with Gasteiger partial charge in [-0.2, -0.15) is 4.68 Å². The molecule has 4 rings (SSSR count). The number of halogens is 1. The predicted octanol–water partition coefficient (Wildman–Crippen LogP) is 3.67. The summed E-state index contributed by atoms with van der Waals surface area (Å²) in [7, 11) is 1.61. The van der Waals surface area contributed by atoms with E-state index in [2.05, 4.69) is 20.8 Å². The van der Waals surface area contributed by atoms with Crippen molar-refractivity contribution >= 4 is 11.6 Å². The van der Waals surface area contributed by atoms with Gasteiger partial charge in [0.2, 0.25) is 5.95 Å². The molecule has 1 aliphatic rings. The summed E-state index contributed by atoms with van der Waals surface area (Å²) >= 11 is 0. The Labute approximate surface area is 161 Å². The summed E-state index contributed by atoms with van der Waals surface area (Å²) in [5, 5.41) is 15.0. The van der Waals surface area contributed by atoms with Gasteiger partial charge >= 0.3 is 0 Å². The number of methoxy groups -OCH3 is 1. The minimum atomic E-state index is -0.305. The lowest BCUT2D eigenvalue weighted by Gasteiger charge is -2.24. The number of nitrogens with zero attached hydrogens (tertiary/aromatic N) is 4. The highest BCUT2D eigenvalue weighted by molar-refractivity contribution is 5.77. The van der Waals surface area contributed by atoms with Crippen molar-refractivity contribution in [1.29, 1.82) is 0 Å². The van der Waals surface area contributed by atoms with Crippen molar-refractivity contribution in [2.45, 2.75) is 19.4 Å². The Kier molecular flexibility index (Phi) is 4.92. The molecule has 3 aromatic rings. The summed E-state index contributed by atoms with van der Waals surface area (Å²) in [4.78, 5) is 0. The van der Waals surface area contributed by atoms with Gasteiger partial charge in [0, 0.05) is 11.3 Å². The predicted molar refractivity (Wildman–Crippen MR) is 103 cm³/mol. The van der Waals surface area contributed by atoms with E-state index in [0.29, 0.717) is 29.6 Å². The molecule has 0 aliphatic carbocycles. The minimum absolute atomic E-state index is 0.279. The number of fused-ring (bicyclic) bond motifs is 1. The summed E-state index contributed by atoms with van der Waals surface area (Å²) < 4.78 is 26.6. The molecular formula is C20H20FN5O2. The molecule has 0 radical (unpaired) electrons. The van der Waals surface area contributed by atoms with Crippen LogP contribution < -0.4 is 14.8 Å². The number of tetrazole rings is 1. The number of nitrogens with one attached hydrogen (secondary N) is 1. The van der Waals surface area contributed by atoms with Crippen molar-refractivity contribution < 1.29 is 13.9 Å². The van der Waals surface area contributed by atoms with Crippen molar-refractivity contribution in [3.63, 3.8) is 0 Å². The van der Waals surface area contributed by atoms with E-state index >= 15 is 0 Å². The van der Waals surface area contributed by atoms with Gasteiger partial charge in [0.25, 0.3) is 0 Å². The van der Waals surface area contributed by atoms with Crippen molar-refractivity contribution in [2.24, 2.45) is 0 Å². The third kappa shape index (κ3) is 3.40. The molecule has 1 atom stereocenters. The SMILES string of the molecule is CCCOc1ccc([C@@H]2C=C(c3cccc(F)c3)Nc3nnnn32)cc1OC. The molecule has 1 aromatic heterocycles. The van der Waals surface area contributed by atoms with Crippen LogP contribution in [0, 0.1) is 5.82 Å². The molecule has 8 heteroatoms. The molecule has 0 unspecified atom stereocenters. The van der Waals surface area contributed by atoms with Crippen LogP contribution in [0.2, 0.25) is 0 Å². The van der Waals surface area contributed by atoms with Crippen LogP contribution in [0.25, 0.3) is 5.70 Å². The number of aromatic nitrogens is 4. The van der Waals surface area contributed by atoms with Gasteiger partial charge in [-0.05, 0) is 52.8 Å². The lowest BCUT2D eigenvalue weighted by molar-refractivity contribution is 0.294. The van der Waals surface area contributed by atoms with Crippen molar-refractivity contribution in [1.82, 2.24) is 20.2 Å². The van der Waals surface area contributed by atoms with Crippen LogP contribution in [0.3, 0.4) is 0 Å². The van der Waals surface area contributed by atoms with E-state index in [-0.39, 0.29) is 11.9 Å². The van der Waals surface area contributed by atoms with E-state index in [0.717, 1.165) is 17.7 Å². The summed E-state index contributed by atoms with van der Waals surface area (Å²) in [5.41, 5.74) is 2.37. The average Bonchev–Trinajstić information content (AvgIpc) is 3.20. The van der Waals surface area contributed by atoms with Crippen LogP contribution in [0.4, 0.5) is 10.3 Å². The number of allylic oxidation sites excluding steroid dienone is 1. The summed E-state index contributed by atoms with van der Waals surface area (Å²) in [5.74, 6) is 1.51. The molecule has 0 amide bonds. The first-order valence-corrected chi connectivity index (χ1v) is 9.03. The molecule has 0 spiro atoms. The van der Waals surface area contributed by atoms with Gasteiger partial charge < -0.3 is 14.8 Å². The molecule has 28 heavy (non-hydrogen) atoms. The lowest BCUT2D eigenvalue weighted by Crippen LogP contribution is -2.20. The van der Waals surface area contributed by atoms with Crippen molar-refractivity contribution in [3.05, 3.63) is 65.5 Å². The maximum absolute atomic E-state index is 13.7. The van der Waals surface area contributed by atoms with E-state index < -0.39 is 0 Å². The van der Waals surface area contributed by atoms with Crippen LogP contribution in [-0.4, -0.2) is 33.9 Å². The van der Waals surface area contributed by atoms with Gasteiger partial charge in [-0.25, -0.2) is 4.39 Å². The molecule has 0 saturated carbocycles. The van der Waals surface area contributed by atoms with E-state index in [1.165, 1.54) is 12.1 Å². The van der Waals surface area contributed by atoms with E-state index in [1.807, 2.05) is 37.3 Å². The van der Waals surface area contributed by atoms with Crippen LogP contribution in [0.5, 0.6) is 11.5 Å². The Morgan fingerprint density at radius 2 is 2.07 bits per heavy atom. The monoisotopic (exact) mass is 381 g/mol. The van der Waals surface area contributed by atoms with Gasteiger partial charge in [-0.15, -0.1) is 0 Å². The fourth-order valence-corrected chi connectivity index (χ4v) is 3.12. The Balaban J connectivity index is 1.75. The van der Waals surface area contributed by atoms with E-state index in [4.69, 9.17) is 9.47 Å². The highest BCUT2D eigenvalue weighted by Gasteiger charge is 2.25. The van der Waals surface area contributed by atoms with Crippen LogP contribution in [-0.2, 0) is 0 Å². The van der Waals surface area contributed by atoms with Crippen molar-refractivity contribution in [3.8, 4) is 11.5 Å². The normalized spacial score (nSPS) is 15.4. The largest absolute Gasteiger partial charge is 0.493 e. The third-order valence-corrected chi connectivity index (χ3v) is 4.45. The number of hydrogen-bond donors (Lipinski definition) is 1. The standard InChI is InChI=1S/C20H20FN5O2/c1-3-9-28-18-8-7-14(11-19(18)27-2)17-12-16(13-5-4-6-15(21)10-13)22-20-23-24-25-26(17)20/h4-8,10-12,17H,3,9H2,1-2H3,(H,22,23,25)/t17-/m0/s1. The number of rotatable bonds is 6. The minimum Gasteiger partial charge on any atom is -0.493 e. The summed E-state index contributed by atoms with van der Waals surface area (Å²) in [6, 6.07) is 11.8. The first-order chi connectivity index (χ1) is 13.7. The fraction of sp³-hybridized carbons (Fsp3) is 0.250. The number of hydrogen-bond acceptors (Lipinski definition) is 6. The average molecular weight is 381 g/mol. The second-order valence-corrected chi connectivity index (χ2v) is 6.37. The maximum atomic E-state index is 13.7. The quantitative estimate of drug-likeness (QED) is 0.702. The van der Waals surface area contributed by atoms with Gasteiger partial charge in [0.15, 0.2) is 11.5 Å². The molecule has 0 fully saturated rings. The van der Waals surface area contributed by atoms with E-state index in [9.17, 15) is 4.39 Å². The topological polar surface area (TPSA) is 74.1 Å². The van der Waals surface area contributed by atoms with Gasteiger partial charge in [-0.3, -0.25) is 0 Å². The molecule has 7 nitrogen and oxygen atoms in total. The highest BCUT2D eigenvalue weighted by Crippen LogP contribution is 2.36. The molecule has 2 heterocycles. The lowest BCUT2D eigenvalue weighted by atomic mass is 10.0. The van der Waals surface area contributed by atoms with Crippen LogP contribution in [0.1, 0.15) is 30.5 Å². The Hall–Kier alpha value is -3.42. The van der Waals surface area contributed by atoms with Gasteiger partial charge in [-0.1, -0.05) is 30.2 Å². The molecule has 0 bridgehead atoms. The zero-order valence-electron chi connectivity index (χ0n) is 15.6. The smallest absolute Gasteiger partial charge is 0.248 e. The number of benzene rings is 2. The fourth-order valence-electron chi connectivity index (χ4n) is 3.12. The molecule has 1 N–H and O–H groups in total. The van der Waals surface area contributed by atoms with Crippen LogP contribution in [0.15, 0.2) is 48.5 Å². The first kappa shape index (κ1) is 18.0. The number of anilines is 1. The second-order valence-electron chi connectivity index (χ2n) is 6.37. The van der Waals surface area contributed by atoms with E-state index in [1.54, 1.807) is 17.9 Å². The molecule has 2 aromatic carbocycles. The molecular weight excluding hydrogens is 361 g/mol. The summed E-state index contributed by atoms with van der Waals surface area (Å²) in [6.07, 6.45) is 2.87. The second kappa shape index (κ2) is 7.67. The Bertz CT molecular complexity index is 1020.